The number of rotatable bonds is 5. The fraction of sp³-hybridized carbons (Fsp3) is 0.533. The second-order valence-electron chi connectivity index (χ2n) is 5.30. The molecule has 1 aromatic rings. The molecule has 0 aliphatic rings. The van der Waals surface area contributed by atoms with E-state index in [9.17, 15) is 4.79 Å². The summed E-state index contributed by atoms with van der Waals surface area (Å²) in [5, 5.41) is 9.12. The molecule has 1 aromatic carbocycles. The zero-order chi connectivity index (χ0) is 13.9. The number of carboxylic acid groups (broad SMARTS) is 1. The fourth-order valence-corrected chi connectivity index (χ4v) is 2.31. The zero-order valence-corrected chi connectivity index (χ0v) is 11.7. The smallest absolute Gasteiger partial charge is 0.304 e. The van der Waals surface area contributed by atoms with Crippen LogP contribution in [0.25, 0.3) is 0 Å². The van der Waals surface area contributed by atoms with Crippen LogP contribution >= 0.6 is 0 Å². The highest BCUT2D eigenvalue weighted by Crippen LogP contribution is 2.33. The van der Waals surface area contributed by atoms with Crippen molar-refractivity contribution in [3.05, 3.63) is 34.9 Å². The van der Waals surface area contributed by atoms with Gasteiger partial charge in [0.25, 0.3) is 0 Å². The summed E-state index contributed by atoms with van der Waals surface area (Å²) in [6.45, 7) is 8.02. The van der Waals surface area contributed by atoms with Gasteiger partial charge in [-0.1, -0.05) is 32.0 Å². The van der Waals surface area contributed by atoms with Gasteiger partial charge in [0.1, 0.15) is 0 Å². The van der Waals surface area contributed by atoms with Crippen molar-refractivity contribution in [3.63, 3.8) is 0 Å². The Morgan fingerprint density at radius 2 is 2.00 bits per heavy atom. The molecular formula is C15H23NO2. The second-order valence-corrected chi connectivity index (χ2v) is 5.30. The first-order valence-corrected chi connectivity index (χ1v) is 6.36. The standard InChI is InChI=1S/C15H23NO2/c1-5-13(16)15(4,9-14(17)18)12-7-6-10(2)11(3)8-12/h6-8,13H,5,9,16H2,1-4H3,(H,17,18). The van der Waals surface area contributed by atoms with E-state index >= 15 is 0 Å². The number of nitrogens with two attached hydrogens (primary N) is 1. The quantitative estimate of drug-likeness (QED) is 0.843. The van der Waals surface area contributed by atoms with Crippen LogP contribution < -0.4 is 5.73 Å². The third kappa shape index (κ3) is 2.91. The maximum atomic E-state index is 11.1. The van der Waals surface area contributed by atoms with Crippen LogP contribution in [0.1, 0.15) is 43.4 Å². The second kappa shape index (κ2) is 5.53. The molecule has 3 heteroatoms. The maximum absolute atomic E-state index is 11.1. The molecule has 0 amide bonds. The van der Waals surface area contributed by atoms with E-state index in [-0.39, 0.29) is 12.5 Å². The van der Waals surface area contributed by atoms with Crippen molar-refractivity contribution in [2.24, 2.45) is 5.73 Å². The Morgan fingerprint density at radius 3 is 2.44 bits per heavy atom. The molecule has 0 aliphatic carbocycles. The average molecular weight is 249 g/mol. The largest absolute Gasteiger partial charge is 0.481 e. The van der Waals surface area contributed by atoms with Crippen molar-refractivity contribution in [2.75, 3.05) is 0 Å². The van der Waals surface area contributed by atoms with Gasteiger partial charge in [0, 0.05) is 11.5 Å². The molecule has 0 bridgehead atoms. The minimum absolute atomic E-state index is 0.0600. The first-order chi connectivity index (χ1) is 8.31. The van der Waals surface area contributed by atoms with Crippen LogP contribution in [0, 0.1) is 13.8 Å². The van der Waals surface area contributed by atoms with Crippen molar-refractivity contribution in [3.8, 4) is 0 Å². The number of hydrogen-bond acceptors (Lipinski definition) is 2. The van der Waals surface area contributed by atoms with E-state index in [1.54, 1.807) is 0 Å². The number of aryl methyl sites for hydroxylation is 2. The molecule has 100 valence electrons. The molecular weight excluding hydrogens is 226 g/mol. The lowest BCUT2D eigenvalue weighted by Gasteiger charge is -2.34. The van der Waals surface area contributed by atoms with Crippen molar-refractivity contribution < 1.29 is 9.90 Å². The summed E-state index contributed by atoms with van der Waals surface area (Å²) in [6.07, 6.45) is 0.821. The molecule has 0 saturated heterocycles. The van der Waals surface area contributed by atoms with Crippen molar-refractivity contribution in [1.29, 1.82) is 0 Å². The molecule has 3 nitrogen and oxygen atoms in total. The van der Waals surface area contributed by atoms with Crippen molar-refractivity contribution >= 4 is 5.97 Å². The van der Waals surface area contributed by atoms with Crippen LogP contribution in [0.5, 0.6) is 0 Å². The third-order valence-electron chi connectivity index (χ3n) is 3.94. The lowest BCUT2D eigenvalue weighted by molar-refractivity contribution is -0.138. The summed E-state index contributed by atoms with van der Waals surface area (Å²) >= 11 is 0. The van der Waals surface area contributed by atoms with Gasteiger partial charge in [-0.25, -0.2) is 0 Å². The molecule has 1 rings (SSSR count). The van der Waals surface area contributed by atoms with Crippen molar-refractivity contribution in [1.82, 2.24) is 0 Å². The van der Waals surface area contributed by atoms with Gasteiger partial charge in [0.05, 0.1) is 6.42 Å². The van der Waals surface area contributed by atoms with Crippen LogP contribution in [0.3, 0.4) is 0 Å². The van der Waals surface area contributed by atoms with Gasteiger partial charge in [0.2, 0.25) is 0 Å². The van der Waals surface area contributed by atoms with Gasteiger partial charge in [-0.3, -0.25) is 4.79 Å². The topological polar surface area (TPSA) is 63.3 Å². The highest BCUT2D eigenvalue weighted by Gasteiger charge is 2.35. The minimum Gasteiger partial charge on any atom is -0.481 e. The SMILES string of the molecule is CCC(N)C(C)(CC(=O)O)c1ccc(C)c(C)c1. The van der Waals surface area contributed by atoms with E-state index < -0.39 is 11.4 Å². The lowest BCUT2D eigenvalue weighted by atomic mass is 9.72. The number of aliphatic carboxylic acids is 1. The monoisotopic (exact) mass is 249 g/mol. The molecule has 2 atom stereocenters. The molecule has 18 heavy (non-hydrogen) atoms. The Bertz CT molecular complexity index is 442. The third-order valence-corrected chi connectivity index (χ3v) is 3.94. The number of benzene rings is 1. The first kappa shape index (κ1) is 14.7. The van der Waals surface area contributed by atoms with Gasteiger partial charge >= 0.3 is 5.97 Å². The predicted octanol–water partition coefficient (Wildman–Crippen LogP) is 2.77. The van der Waals surface area contributed by atoms with E-state index in [1.807, 2.05) is 39.8 Å². The molecule has 0 aromatic heterocycles. The Hall–Kier alpha value is -1.35. The molecule has 3 N–H and O–H groups in total. The number of hydrogen-bond donors (Lipinski definition) is 2. The number of carbonyl (C=O) groups is 1. The first-order valence-electron chi connectivity index (χ1n) is 6.36. The van der Waals surface area contributed by atoms with Crippen LogP contribution in [-0.2, 0) is 10.2 Å². The van der Waals surface area contributed by atoms with E-state index in [1.165, 1.54) is 11.1 Å². The number of carboxylic acids is 1. The van der Waals surface area contributed by atoms with Gasteiger partial charge in [-0.2, -0.15) is 0 Å². The van der Waals surface area contributed by atoms with Crippen LogP contribution in [0.4, 0.5) is 0 Å². The molecule has 0 fully saturated rings. The highest BCUT2D eigenvalue weighted by molar-refractivity contribution is 5.69. The summed E-state index contributed by atoms with van der Waals surface area (Å²) in [5.41, 5.74) is 9.04. The Balaban J connectivity index is 3.24. The Labute approximate surface area is 109 Å². The molecule has 0 saturated carbocycles. The van der Waals surface area contributed by atoms with E-state index in [0.29, 0.717) is 0 Å². The zero-order valence-electron chi connectivity index (χ0n) is 11.7. The molecule has 0 radical (unpaired) electrons. The van der Waals surface area contributed by atoms with E-state index in [4.69, 9.17) is 10.8 Å². The maximum Gasteiger partial charge on any atom is 0.304 e. The average Bonchev–Trinajstić information content (AvgIpc) is 2.30. The summed E-state index contributed by atoms with van der Waals surface area (Å²) in [4.78, 5) is 11.1. The minimum atomic E-state index is -0.806. The van der Waals surface area contributed by atoms with Crippen LogP contribution in [0.15, 0.2) is 18.2 Å². The van der Waals surface area contributed by atoms with Crippen molar-refractivity contribution in [2.45, 2.75) is 52.0 Å². The van der Waals surface area contributed by atoms with Gasteiger partial charge in [0.15, 0.2) is 0 Å². The Morgan fingerprint density at radius 1 is 1.39 bits per heavy atom. The van der Waals surface area contributed by atoms with Crippen LogP contribution in [-0.4, -0.2) is 17.1 Å². The molecule has 0 heterocycles. The summed E-state index contributed by atoms with van der Waals surface area (Å²) < 4.78 is 0. The van der Waals surface area contributed by atoms with Crippen LogP contribution in [0.2, 0.25) is 0 Å². The highest BCUT2D eigenvalue weighted by atomic mass is 16.4. The summed E-state index contributed by atoms with van der Waals surface area (Å²) in [5.74, 6) is -0.806. The summed E-state index contributed by atoms with van der Waals surface area (Å²) in [7, 11) is 0. The van der Waals surface area contributed by atoms with Gasteiger partial charge in [-0.05, 0) is 37.0 Å². The van der Waals surface area contributed by atoms with E-state index in [2.05, 4.69) is 6.07 Å². The fourth-order valence-electron chi connectivity index (χ4n) is 2.31. The predicted molar refractivity (Wildman–Crippen MR) is 73.8 cm³/mol. The van der Waals surface area contributed by atoms with E-state index in [0.717, 1.165) is 12.0 Å². The molecule has 0 aliphatic heterocycles. The molecule has 0 spiro atoms. The Kier molecular flexibility index (Phi) is 4.52. The summed E-state index contributed by atoms with van der Waals surface area (Å²) in [6, 6.07) is 5.94. The normalized spacial score (nSPS) is 16.1. The van der Waals surface area contributed by atoms with Gasteiger partial charge < -0.3 is 10.8 Å². The van der Waals surface area contributed by atoms with Gasteiger partial charge in [-0.15, -0.1) is 0 Å². The lowest BCUT2D eigenvalue weighted by Crippen LogP contribution is -2.44. The molecule has 2 unspecified atom stereocenters.